The predicted molar refractivity (Wildman–Crippen MR) is 58.3 cm³/mol. The molecule has 3 nitrogen and oxygen atoms in total. The smallest absolute Gasteiger partial charge is 0.261 e. The molecule has 0 bridgehead atoms. The number of carbonyl (C=O) groups excluding carboxylic acids is 1. The van der Waals surface area contributed by atoms with E-state index < -0.39 is 23.1 Å². The van der Waals surface area contributed by atoms with Crippen LogP contribution in [0.3, 0.4) is 0 Å². The Hall–Kier alpha value is -1.49. The normalized spacial score (nSPS) is 22.8. The largest absolute Gasteiger partial charge is 0.375 e. The molecule has 5 heteroatoms. The second-order valence-electron chi connectivity index (χ2n) is 4.70. The van der Waals surface area contributed by atoms with E-state index in [1.165, 1.54) is 6.07 Å². The Morgan fingerprint density at radius 2 is 2.06 bits per heavy atom. The highest BCUT2D eigenvalue weighted by atomic mass is 19.2. The zero-order valence-corrected chi connectivity index (χ0v) is 9.55. The molecule has 2 N–H and O–H groups in total. The number of amides is 1. The van der Waals surface area contributed by atoms with Gasteiger partial charge in [0.05, 0.1) is 5.69 Å². The van der Waals surface area contributed by atoms with Crippen molar-refractivity contribution in [3.05, 3.63) is 29.3 Å². The number of fused-ring (bicyclic) bond motifs is 1. The van der Waals surface area contributed by atoms with Crippen molar-refractivity contribution in [3.8, 4) is 0 Å². The van der Waals surface area contributed by atoms with E-state index in [9.17, 15) is 18.7 Å². The monoisotopic (exact) mass is 241 g/mol. The van der Waals surface area contributed by atoms with Crippen LogP contribution in [-0.4, -0.2) is 11.0 Å². The van der Waals surface area contributed by atoms with Crippen molar-refractivity contribution in [3.63, 3.8) is 0 Å². The van der Waals surface area contributed by atoms with E-state index in [0.29, 0.717) is 0 Å². The molecule has 1 aliphatic rings. The molecule has 1 amide bonds. The lowest BCUT2D eigenvalue weighted by molar-refractivity contribution is -0.135. The number of anilines is 1. The molecule has 0 radical (unpaired) electrons. The van der Waals surface area contributed by atoms with Crippen LogP contribution in [-0.2, 0) is 10.4 Å². The number of benzene rings is 1. The van der Waals surface area contributed by atoms with Gasteiger partial charge in [-0.2, -0.15) is 0 Å². The standard InChI is InChI=1S/C12H13F2NO2/c1-6(2)5-12(17)7-3-4-8(13)9(14)10(7)15-11(12)16/h3-4,6,17H,5H2,1-2H3,(H,15,16). The average Bonchev–Trinajstić information content (AvgIpc) is 2.46. The molecular weight excluding hydrogens is 228 g/mol. The summed E-state index contributed by atoms with van der Waals surface area (Å²) in [5, 5.41) is 12.5. The maximum atomic E-state index is 13.5. The number of nitrogens with one attached hydrogen (secondary N) is 1. The lowest BCUT2D eigenvalue weighted by Crippen LogP contribution is -2.35. The van der Waals surface area contributed by atoms with Crippen molar-refractivity contribution in [1.82, 2.24) is 0 Å². The van der Waals surface area contributed by atoms with Crippen molar-refractivity contribution >= 4 is 11.6 Å². The summed E-state index contributed by atoms with van der Waals surface area (Å²) in [6.45, 7) is 3.67. The molecule has 0 saturated heterocycles. The first kappa shape index (κ1) is 12.0. The van der Waals surface area contributed by atoms with Crippen molar-refractivity contribution in [2.75, 3.05) is 5.32 Å². The fourth-order valence-electron chi connectivity index (χ4n) is 2.15. The number of halogens is 2. The van der Waals surface area contributed by atoms with Gasteiger partial charge in [-0.1, -0.05) is 19.9 Å². The van der Waals surface area contributed by atoms with E-state index in [1.807, 2.05) is 13.8 Å². The van der Waals surface area contributed by atoms with Gasteiger partial charge >= 0.3 is 0 Å². The Morgan fingerprint density at radius 3 is 2.65 bits per heavy atom. The molecular formula is C12H13F2NO2. The van der Waals surface area contributed by atoms with Crippen LogP contribution in [0.4, 0.5) is 14.5 Å². The molecule has 1 unspecified atom stereocenters. The quantitative estimate of drug-likeness (QED) is 0.833. The Morgan fingerprint density at radius 1 is 1.41 bits per heavy atom. The fraction of sp³-hybridized carbons (Fsp3) is 0.417. The van der Waals surface area contributed by atoms with Gasteiger partial charge in [0, 0.05) is 5.56 Å². The van der Waals surface area contributed by atoms with Gasteiger partial charge in [-0.05, 0) is 18.4 Å². The van der Waals surface area contributed by atoms with Gasteiger partial charge < -0.3 is 10.4 Å². The second kappa shape index (κ2) is 3.77. The number of aliphatic hydroxyl groups is 1. The molecule has 0 fully saturated rings. The minimum absolute atomic E-state index is 0.0461. The van der Waals surface area contributed by atoms with E-state index >= 15 is 0 Å². The van der Waals surface area contributed by atoms with Gasteiger partial charge in [-0.3, -0.25) is 4.79 Å². The van der Waals surface area contributed by atoms with Crippen LogP contribution in [0.2, 0.25) is 0 Å². The molecule has 92 valence electrons. The minimum atomic E-state index is -1.77. The third kappa shape index (κ3) is 1.70. The zero-order chi connectivity index (χ0) is 12.8. The van der Waals surface area contributed by atoms with E-state index in [1.54, 1.807) is 0 Å². The Bertz CT molecular complexity index is 488. The van der Waals surface area contributed by atoms with Crippen LogP contribution >= 0.6 is 0 Å². The lowest BCUT2D eigenvalue weighted by Gasteiger charge is -2.22. The van der Waals surface area contributed by atoms with E-state index in [0.717, 1.165) is 6.07 Å². The molecule has 0 spiro atoms. The van der Waals surface area contributed by atoms with E-state index in [2.05, 4.69) is 5.32 Å². The summed E-state index contributed by atoms with van der Waals surface area (Å²) in [4.78, 5) is 11.7. The van der Waals surface area contributed by atoms with Crippen molar-refractivity contribution in [2.24, 2.45) is 5.92 Å². The highest BCUT2D eigenvalue weighted by Crippen LogP contribution is 2.41. The van der Waals surface area contributed by atoms with E-state index in [-0.39, 0.29) is 23.6 Å². The van der Waals surface area contributed by atoms with Crippen molar-refractivity contribution in [2.45, 2.75) is 25.9 Å². The van der Waals surface area contributed by atoms with Crippen LogP contribution < -0.4 is 5.32 Å². The molecule has 2 rings (SSSR count). The van der Waals surface area contributed by atoms with Gasteiger partial charge in [0.25, 0.3) is 5.91 Å². The molecule has 0 aromatic heterocycles. The molecule has 17 heavy (non-hydrogen) atoms. The highest BCUT2D eigenvalue weighted by Gasteiger charge is 2.47. The first-order valence-electron chi connectivity index (χ1n) is 5.38. The third-order valence-corrected chi connectivity index (χ3v) is 2.86. The molecule has 0 aliphatic carbocycles. The molecule has 1 aliphatic heterocycles. The summed E-state index contributed by atoms with van der Waals surface area (Å²) in [5.74, 6) is -2.83. The molecule has 1 aromatic carbocycles. The fourth-order valence-corrected chi connectivity index (χ4v) is 2.15. The second-order valence-corrected chi connectivity index (χ2v) is 4.70. The molecule has 1 atom stereocenters. The first-order chi connectivity index (χ1) is 7.86. The predicted octanol–water partition coefficient (Wildman–Crippen LogP) is 2.15. The molecule has 1 aromatic rings. The number of carbonyl (C=O) groups is 1. The van der Waals surface area contributed by atoms with Crippen molar-refractivity contribution in [1.29, 1.82) is 0 Å². The Kier molecular flexibility index (Phi) is 2.66. The third-order valence-electron chi connectivity index (χ3n) is 2.86. The van der Waals surface area contributed by atoms with Gasteiger partial charge in [-0.15, -0.1) is 0 Å². The summed E-state index contributed by atoms with van der Waals surface area (Å²) >= 11 is 0. The summed E-state index contributed by atoms with van der Waals surface area (Å²) < 4.78 is 26.5. The maximum absolute atomic E-state index is 13.5. The van der Waals surface area contributed by atoms with Crippen LogP contribution in [0.25, 0.3) is 0 Å². The summed E-state index contributed by atoms with van der Waals surface area (Å²) in [6.07, 6.45) is 0.164. The Balaban J connectivity index is 2.55. The lowest BCUT2D eigenvalue weighted by atomic mass is 9.87. The first-order valence-corrected chi connectivity index (χ1v) is 5.38. The van der Waals surface area contributed by atoms with Gasteiger partial charge in [0.15, 0.2) is 17.2 Å². The van der Waals surface area contributed by atoms with Crippen LogP contribution in [0.1, 0.15) is 25.8 Å². The van der Waals surface area contributed by atoms with Gasteiger partial charge in [0.1, 0.15) is 0 Å². The van der Waals surface area contributed by atoms with Crippen LogP contribution in [0.5, 0.6) is 0 Å². The maximum Gasteiger partial charge on any atom is 0.261 e. The molecule has 0 saturated carbocycles. The topological polar surface area (TPSA) is 49.3 Å². The molecule has 1 heterocycles. The van der Waals surface area contributed by atoms with E-state index in [4.69, 9.17) is 0 Å². The summed E-state index contributed by atoms with van der Waals surface area (Å²) in [5.41, 5.74) is -1.91. The average molecular weight is 241 g/mol. The highest BCUT2D eigenvalue weighted by molar-refractivity contribution is 6.05. The number of rotatable bonds is 2. The Labute approximate surface area is 97.5 Å². The minimum Gasteiger partial charge on any atom is -0.375 e. The summed E-state index contributed by atoms with van der Waals surface area (Å²) in [7, 11) is 0. The van der Waals surface area contributed by atoms with Crippen LogP contribution in [0.15, 0.2) is 12.1 Å². The number of hydrogen-bond acceptors (Lipinski definition) is 2. The van der Waals surface area contributed by atoms with Gasteiger partial charge in [-0.25, -0.2) is 8.78 Å². The SMILES string of the molecule is CC(C)CC1(O)C(=O)Nc2c1ccc(F)c2F. The summed E-state index contributed by atoms with van der Waals surface area (Å²) in [6, 6.07) is 2.16. The van der Waals surface area contributed by atoms with Gasteiger partial charge in [0.2, 0.25) is 0 Å². The zero-order valence-electron chi connectivity index (χ0n) is 9.55. The van der Waals surface area contributed by atoms with Crippen molar-refractivity contribution < 1.29 is 18.7 Å². The number of hydrogen-bond donors (Lipinski definition) is 2. The van der Waals surface area contributed by atoms with Crippen LogP contribution in [0, 0.1) is 17.6 Å².